The summed E-state index contributed by atoms with van der Waals surface area (Å²) in [5.41, 5.74) is 0. The van der Waals surface area contributed by atoms with Gasteiger partial charge in [0, 0.05) is 0 Å². The fourth-order valence-corrected chi connectivity index (χ4v) is 8.52. The average molecular weight is 266 g/mol. The molecule has 0 aromatic carbocycles. The molecule has 0 spiro atoms. The first-order chi connectivity index (χ1) is 6.07. The Morgan fingerprint density at radius 2 is 1.43 bits per heavy atom. The minimum absolute atomic E-state index is 0.888. The van der Waals surface area contributed by atoms with Crippen LogP contribution in [0.5, 0.6) is 0 Å². The topological polar surface area (TPSA) is 104 Å². The van der Waals surface area contributed by atoms with Crippen LogP contribution >= 0.6 is 0 Å². The van der Waals surface area contributed by atoms with Crippen LogP contribution in [0.2, 0.25) is 0 Å². The van der Waals surface area contributed by atoms with Crippen LogP contribution < -0.4 is 0 Å². The smallest absolute Gasteiger partial charge is 0.283 e. The molecule has 1 heterocycles. The van der Waals surface area contributed by atoms with Gasteiger partial charge in [-0.3, -0.25) is 4.21 Å². The summed E-state index contributed by atoms with van der Waals surface area (Å²) < 4.78 is 62.4. The second kappa shape index (κ2) is 3.23. The molecule has 0 aliphatic carbocycles. The molecule has 0 unspecified atom stereocenters. The molecular weight excluding hydrogens is 256 g/mol. The molecule has 86 valence electrons. The molecule has 1 aliphatic rings. The summed E-state index contributed by atoms with van der Waals surface area (Å²) >= 11 is 0. The van der Waals surface area contributed by atoms with Crippen molar-refractivity contribution in [1.29, 1.82) is 0 Å². The maximum atomic E-state index is 11.5. The molecule has 0 radical (unpaired) electrons. The van der Waals surface area contributed by atoms with E-state index >= 15 is 0 Å². The third-order valence-electron chi connectivity index (χ3n) is 1.43. The van der Waals surface area contributed by atoms with Gasteiger partial charge in [0.1, 0.15) is 0 Å². The predicted octanol–water partition coefficient (Wildman–Crippen LogP) is -1.79. The van der Waals surface area contributed by atoms with E-state index in [1.807, 2.05) is 0 Å². The zero-order chi connectivity index (χ0) is 11.2. The largest absolute Gasteiger partial charge is 0.299 e. The molecular formula is C4H10O7S3. The average Bonchev–Trinajstić information content (AvgIpc) is 1.76. The lowest BCUT2D eigenvalue weighted by atomic mass is 11.6. The molecule has 0 saturated carbocycles. The van der Waals surface area contributed by atoms with Gasteiger partial charge in [-0.2, -0.15) is 16.8 Å². The quantitative estimate of drug-likeness (QED) is 0.441. The SMILES string of the molecule is C[SH](C)(=O)C1S(=O)(=O)OCOS1(=O)=O. The maximum Gasteiger partial charge on any atom is 0.299 e. The molecule has 7 nitrogen and oxygen atoms in total. The Kier molecular flexibility index (Phi) is 2.78. The van der Waals surface area contributed by atoms with Crippen LogP contribution in [0.3, 0.4) is 0 Å². The van der Waals surface area contributed by atoms with E-state index in [-0.39, 0.29) is 0 Å². The predicted molar refractivity (Wildman–Crippen MR) is 50.1 cm³/mol. The third-order valence-corrected chi connectivity index (χ3v) is 10.3. The second-order valence-corrected chi connectivity index (χ2v) is 10.8. The minimum Gasteiger partial charge on any atom is -0.283 e. The van der Waals surface area contributed by atoms with Crippen molar-refractivity contribution < 1.29 is 29.4 Å². The van der Waals surface area contributed by atoms with E-state index in [1.165, 1.54) is 0 Å². The molecule has 14 heavy (non-hydrogen) atoms. The first kappa shape index (κ1) is 12.0. The number of hydrogen-bond donors (Lipinski definition) is 1. The molecule has 0 bridgehead atoms. The van der Waals surface area contributed by atoms with Crippen molar-refractivity contribution in [3.8, 4) is 0 Å². The number of thiol groups is 1. The molecule has 1 rings (SSSR count). The molecule has 1 fully saturated rings. The number of rotatable bonds is 1. The Hall–Kier alpha value is -0.0300. The van der Waals surface area contributed by atoms with Crippen molar-refractivity contribution in [2.24, 2.45) is 0 Å². The van der Waals surface area contributed by atoms with Crippen LogP contribution in [-0.4, -0.2) is 44.3 Å². The van der Waals surface area contributed by atoms with Crippen LogP contribution in [0, 0.1) is 0 Å². The van der Waals surface area contributed by atoms with E-state index in [2.05, 4.69) is 8.37 Å². The van der Waals surface area contributed by atoms with Gasteiger partial charge >= 0.3 is 0 Å². The van der Waals surface area contributed by atoms with Crippen molar-refractivity contribution in [3.05, 3.63) is 0 Å². The van der Waals surface area contributed by atoms with Crippen LogP contribution in [0.15, 0.2) is 0 Å². The summed E-state index contributed by atoms with van der Waals surface area (Å²) in [6.07, 6.45) is 2.09. The molecule has 10 heteroatoms. The molecule has 0 aromatic heterocycles. The maximum absolute atomic E-state index is 11.5. The lowest BCUT2D eigenvalue weighted by Crippen LogP contribution is -2.46. The van der Waals surface area contributed by atoms with Gasteiger partial charge in [0.15, 0.2) is 6.79 Å². The Morgan fingerprint density at radius 3 is 1.64 bits per heavy atom. The third kappa shape index (κ3) is 2.14. The first-order valence-electron chi connectivity index (χ1n) is 3.38. The highest BCUT2D eigenvalue weighted by molar-refractivity contribution is 8.25. The lowest BCUT2D eigenvalue weighted by Gasteiger charge is -2.27. The molecule has 0 N–H and O–H groups in total. The summed E-state index contributed by atoms with van der Waals surface area (Å²) in [7, 11) is -12.1. The van der Waals surface area contributed by atoms with E-state index in [9.17, 15) is 21.0 Å². The van der Waals surface area contributed by atoms with Gasteiger partial charge in [0.05, 0.1) is 0 Å². The summed E-state index contributed by atoms with van der Waals surface area (Å²) in [6.45, 7) is -0.888. The van der Waals surface area contributed by atoms with Crippen molar-refractivity contribution >= 4 is 30.2 Å². The van der Waals surface area contributed by atoms with Gasteiger partial charge in [-0.25, -0.2) is 8.37 Å². The van der Waals surface area contributed by atoms with Gasteiger partial charge in [-0.05, 0) is 12.5 Å². The number of hydrogen-bond acceptors (Lipinski definition) is 7. The summed E-state index contributed by atoms with van der Waals surface area (Å²) in [6, 6.07) is 0. The lowest BCUT2D eigenvalue weighted by molar-refractivity contribution is 0.123. The van der Waals surface area contributed by atoms with Crippen molar-refractivity contribution in [3.63, 3.8) is 0 Å². The monoisotopic (exact) mass is 266 g/mol. The Labute approximate surface area is 83.1 Å². The Morgan fingerprint density at radius 1 is 1.07 bits per heavy atom. The van der Waals surface area contributed by atoms with E-state index in [0.717, 1.165) is 12.5 Å². The molecule has 1 aliphatic heterocycles. The van der Waals surface area contributed by atoms with E-state index in [1.54, 1.807) is 0 Å². The first-order valence-corrected chi connectivity index (χ1v) is 9.00. The fraction of sp³-hybridized carbons (Fsp3) is 1.00. The Bertz CT molecular complexity index is 431. The van der Waals surface area contributed by atoms with Gasteiger partial charge in [0.25, 0.3) is 24.2 Å². The van der Waals surface area contributed by atoms with Gasteiger partial charge < -0.3 is 0 Å². The highest BCUT2D eigenvalue weighted by Crippen LogP contribution is 2.26. The van der Waals surface area contributed by atoms with E-state index < -0.39 is 40.9 Å². The van der Waals surface area contributed by atoms with E-state index in [0.29, 0.717) is 0 Å². The molecule has 0 amide bonds. The van der Waals surface area contributed by atoms with Crippen LogP contribution in [0.4, 0.5) is 0 Å². The Balaban J connectivity index is 3.40. The molecule has 0 atom stereocenters. The van der Waals surface area contributed by atoms with Crippen molar-refractivity contribution in [2.45, 2.75) is 3.91 Å². The second-order valence-electron chi connectivity index (χ2n) is 3.08. The van der Waals surface area contributed by atoms with Crippen molar-refractivity contribution in [2.75, 3.05) is 19.3 Å². The zero-order valence-corrected chi connectivity index (χ0v) is 9.93. The van der Waals surface area contributed by atoms with Crippen molar-refractivity contribution in [1.82, 2.24) is 0 Å². The molecule has 0 aromatic rings. The minimum atomic E-state index is -4.36. The van der Waals surface area contributed by atoms with Crippen LogP contribution in [-0.2, 0) is 38.5 Å². The standard InChI is InChI=1S/C4H10O7S3/c1-12(2,5)4-13(6,7)10-3-11-14(4,8)9/h4,12H,3H2,1-2H3. The fourth-order valence-electron chi connectivity index (χ4n) is 1.04. The summed E-state index contributed by atoms with van der Waals surface area (Å²) in [4.78, 5) is 0. The summed E-state index contributed by atoms with van der Waals surface area (Å²) in [5.74, 6) is 0. The summed E-state index contributed by atoms with van der Waals surface area (Å²) in [5, 5.41) is 0. The van der Waals surface area contributed by atoms with Crippen LogP contribution in [0.25, 0.3) is 0 Å². The highest BCUT2D eigenvalue weighted by atomic mass is 32.3. The van der Waals surface area contributed by atoms with E-state index in [4.69, 9.17) is 0 Å². The zero-order valence-electron chi connectivity index (χ0n) is 7.41. The van der Waals surface area contributed by atoms with Gasteiger partial charge in [-0.1, -0.05) is 9.93 Å². The van der Waals surface area contributed by atoms with Gasteiger partial charge in [-0.15, -0.1) is 0 Å². The van der Waals surface area contributed by atoms with Gasteiger partial charge in [0.2, 0.25) is 0 Å². The normalized spacial score (nSPS) is 28.4. The highest BCUT2D eigenvalue weighted by Gasteiger charge is 2.49. The molecule has 1 saturated heterocycles. The van der Waals surface area contributed by atoms with Crippen LogP contribution in [0.1, 0.15) is 0 Å².